The molecule has 148 valence electrons. The molecule has 0 bridgehead atoms. The average Bonchev–Trinajstić information content (AvgIpc) is 3.37. The van der Waals surface area contributed by atoms with E-state index >= 15 is 0 Å². The van der Waals surface area contributed by atoms with E-state index in [1.807, 2.05) is 11.1 Å². The molecule has 1 amide bonds. The normalized spacial score (nSPS) is 22.3. The Bertz CT molecular complexity index is 870. The quantitative estimate of drug-likeness (QED) is 0.836. The lowest BCUT2D eigenvalue weighted by Crippen LogP contribution is -2.37. The summed E-state index contributed by atoms with van der Waals surface area (Å²) in [5.74, 6) is 0.954. The number of hydrogen-bond acceptors (Lipinski definition) is 5. The van der Waals surface area contributed by atoms with Gasteiger partial charge in [-0.25, -0.2) is 9.97 Å². The van der Waals surface area contributed by atoms with Crippen LogP contribution in [0.5, 0.6) is 0 Å². The van der Waals surface area contributed by atoms with Crippen molar-refractivity contribution in [3.63, 3.8) is 0 Å². The van der Waals surface area contributed by atoms with Crippen LogP contribution in [0.25, 0.3) is 0 Å². The fourth-order valence-electron chi connectivity index (χ4n) is 4.74. The number of nitrogens with one attached hydrogen (secondary N) is 2. The molecule has 7 nitrogen and oxygen atoms in total. The Balaban J connectivity index is 1.34. The van der Waals surface area contributed by atoms with E-state index in [1.165, 1.54) is 25.7 Å². The Morgan fingerprint density at radius 3 is 2.86 bits per heavy atom. The number of amides is 1. The van der Waals surface area contributed by atoms with Crippen LogP contribution >= 0.6 is 0 Å². The second-order valence-corrected chi connectivity index (χ2v) is 8.27. The third-order valence-corrected chi connectivity index (χ3v) is 6.37. The van der Waals surface area contributed by atoms with E-state index in [0.29, 0.717) is 18.8 Å². The molecule has 0 spiro atoms. The Morgan fingerprint density at radius 2 is 2.00 bits per heavy atom. The van der Waals surface area contributed by atoms with Crippen molar-refractivity contribution in [3.05, 3.63) is 40.2 Å². The summed E-state index contributed by atoms with van der Waals surface area (Å²) in [4.78, 5) is 24.5. The van der Waals surface area contributed by atoms with Crippen molar-refractivity contribution in [1.82, 2.24) is 30.4 Å². The van der Waals surface area contributed by atoms with Crippen LogP contribution < -0.4 is 5.32 Å². The van der Waals surface area contributed by atoms with Crippen LogP contribution in [0.3, 0.4) is 0 Å². The molecule has 7 heteroatoms. The van der Waals surface area contributed by atoms with Gasteiger partial charge in [0.2, 0.25) is 0 Å². The van der Waals surface area contributed by atoms with Gasteiger partial charge in [0.15, 0.2) is 5.69 Å². The summed E-state index contributed by atoms with van der Waals surface area (Å²) in [6, 6.07) is 0.286. The van der Waals surface area contributed by atoms with Gasteiger partial charge in [-0.15, -0.1) is 0 Å². The van der Waals surface area contributed by atoms with Crippen LogP contribution in [0, 0.1) is 0 Å². The fraction of sp³-hybridized carbons (Fsp3) is 0.619. The smallest absolute Gasteiger partial charge is 0.274 e. The number of aromatic amines is 1. The molecule has 2 N–H and O–H groups in total. The molecule has 1 fully saturated rings. The van der Waals surface area contributed by atoms with Crippen LogP contribution in [0.1, 0.15) is 83.4 Å². The van der Waals surface area contributed by atoms with E-state index in [2.05, 4.69) is 20.5 Å². The minimum absolute atomic E-state index is 0.0465. The molecule has 0 aromatic carbocycles. The number of aryl methyl sites for hydroxylation is 1. The molecule has 0 unspecified atom stereocenters. The van der Waals surface area contributed by atoms with Crippen molar-refractivity contribution in [2.75, 3.05) is 13.1 Å². The van der Waals surface area contributed by atoms with Gasteiger partial charge in [0.25, 0.3) is 5.91 Å². The Hall–Kier alpha value is -2.28. The van der Waals surface area contributed by atoms with E-state index in [9.17, 15) is 4.79 Å². The second-order valence-electron chi connectivity index (χ2n) is 8.27. The first-order chi connectivity index (χ1) is 13.8. The van der Waals surface area contributed by atoms with Gasteiger partial charge >= 0.3 is 0 Å². The predicted octanol–water partition coefficient (Wildman–Crippen LogP) is 2.48. The third-order valence-electron chi connectivity index (χ3n) is 6.37. The first-order valence-electron chi connectivity index (χ1n) is 10.7. The summed E-state index contributed by atoms with van der Waals surface area (Å²) in [7, 11) is 0. The van der Waals surface area contributed by atoms with E-state index in [4.69, 9.17) is 4.98 Å². The molecular weight excluding hydrogens is 352 g/mol. The van der Waals surface area contributed by atoms with Crippen molar-refractivity contribution in [2.45, 2.75) is 70.4 Å². The largest absolute Gasteiger partial charge is 0.332 e. The fourth-order valence-corrected chi connectivity index (χ4v) is 4.74. The molecule has 1 atom stereocenters. The number of H-pyrrole nitrogens is 1. The highest BCUT2D eigenvalue weighted by atomic mass is 16.2. The molecular formula is C21H28N6O. The average molecular weight is 380 g/mol. The first kappa shape index (κ1) is 17.8. The third kappa shape index (κ3) is 3.32. The number of carbonyl (C=O) groups excluding carboxylic acids is 1. The molecule has 5 rings (SSSR count). The highest BCUT2D eigenvalue weighted by Crippen LogP contribution is 2.26. The van der Waals surface area contributed by atoms with Gasteiger partial charge in [0.05, 0.1) is 11.7 Å². The summed E-state index contributed by atoms with van der Waals surface area (Å²) in [6.45, 7) is 2.32. The maximum Gasteiger partial charge on any atom is 0.274 e. The van der Waals surface area contributed by atoms with Crippen LogP contribution in [0.4, 0.5) is 0 Å². The zero-order chi connectivity index (χ0) is 18.9. The van der Waals surface area contributed by atoms with Crippen LogP contribution in [-0.4, -0.2) is 44.1 Å². The van der Waals surface area contributed by atoms with Gasteiger partial charge < -0.3 is 10.2 Å². The minimum Gasteiger partial charge on any atom is -0.332 e. The zero-order valence-electron chi connectivity index (χ0n) is 16.3. The molecule has 1 aliphatic carbocycles. The van der Waals surface area contributed by atoms with Gasteiger partial charge in [-0.1, -0.05) is 12.8 Å². The molecule has 4 heterocycles. The second kappa shape index (κ2) is 7.62. The lowest BCUT2D eigenvalue weighted by atomic mass is 9.96. The summed E-state index contributed by atoms with van der Waals surface area (Å²) < 4.78 is 0. The van der Waals surface area contributed by atoms with Crippen LogP contribution in [-0.2, 0) is 25.8 Å². The molecule has 2 aromatic rings. The SMILES string of the molecule is O=C(c1n[nH]c2c1CCCCCC2)N1CCc2nc([C@@H]3CCCN3)ncc2C1. The minimum atomic E-state index is 0.0465. The van der Waals surface area contributed by atoms with Crippen molar-refractivity contribution in [1.29, 1.82) is 0 Å². The summed E-state index contributed by atoms with van der Waals surface area (Å²) in [5.41, 5.74) is 5.11. The monoisotopic (exact) mass is 380 g/mol. The van der Waals surface area contributed by atoms with E-state index in [-0.39, 0.29) is 11.9 Å². The topological polar surface area (TPSA) is 86.8 Å². The highest BCUT2D eigenvalue weighted by Gasteiger charge is 2.29. The van der Waals surface area contributed by atoms with Crippen LogP contribution in [0.2, 0.25) is 0 Å². The van der Waals surface area contributed by atoms with E-state index in [1.54, 1.807) is 0 Å². The highest BCUT2D eigenvalue weighted by molar-refractivity contribution is 5.94. The number of fused-ring (bicyclic) bond motifs is 2. The van der Waals surface area contributed by atoms with Gasteiger partial charge in [-0.2, -0.15) is 5.10 Å². The molecule has 1 saturated heterocycles. The Morgan fingerprint density at radius 1 is 1.11 bits per heavy atom. The zero-order valence-corrected chi connectivity index (χ0v) is 16.3. The van der Waals surface area contributed by atoms with Crippen LogP contribution in [0.15, 0.2) is 6.20 Å². The molecule has 0 radical (unpaired) electrons. The first-order valence-corrected chi connectivity index (χ1v) is 10.7. The number of rotatable bonds is 2. The standard InChI is InChI=1S/C21H28N6O/c28-21(19-15-6-3-1-2-4-7-17(15)25-26-19)27-11-9-16-14(13-27)12-23-20(24-16)18-8-5-10-22-18/h12,18,22H,1-11,13H2,(H,25,26)/t18-/m0/s1. The number of nitrogens with zero attached hydrogens (tertiary/aromatic N) is 4. The van der Waals surface area contributed by atoms with Gasteiger partial charge in [0.1, 0.15) is 5.82 Å². The van der Waals surface area contributed by atoms with Crippen molar-refractivity contribution in [3.8, 4) is 0 Å². The molecule has 28 heavy (non-hydrogen) atoms. The lowest BCUT2D eigenvalue weighted by Gasteiger charge is -2.28. The van der Waals surface area contributed by atoms with Gasteiger partial charge in [-0.05, 0) is 45.1 Å². The molecule has 0 saturated carbocycles. The van der Waals surface area contributed by atoms with Gasteiger partial charge in [0, 0.05) is 42.5 Å². The van der Waals surface area contributed by atoms with Gasteiger partial charge in [-0.3, -0.25) is 9.89 Å². The predicted molar refractivity (Wildman–Crippen MR) is 105 cm³/mol. The lowest BCUT2D eigenvalue weighted by molar-refractivity contribution is 0.0726. The molecule has 3 aliphatic rings. The Labute approximate surface area is 165 Å². The Kier molecular flexibility index (Phi) is 4.84. The van der Waals surface area contributed by atoms with Crippen molar-refractivity contribution < 1.29 is 4.79 Å². The molecule has 2 aliphatic heterocycles. The molecule has 2 aromatic heterocycles. The number of carbonyl (C=O) groups is 1. The maximum absolute atomic E-state index is 13.2. The summed E-state index contributed by atoms with van der Waals surface area (Å²) in [6.07, 6.45) is 11.8. The summed E-state index contributed by atoms with van der Waals surface area (Å²) >= 11 is 0. The maximum atomic E-state index is 13.2. The number of hydrogen-bond donors (Lipinski definition) is 2. The van der Waals surface area contributed by atoms with Crippen molar-refractivity contribution in [2.24, 2.45) is 0 Å². The van der Waals surface area contributed by atoms with E-state index in [0.717, 1.165) is 67.0 Å². The number of aromatic nitrogens is 4. The summed E-state index contributed by atoms with van der Waals surface area (Å²) in [5, 5.41) is 11.0. The van der Waals surface area contributed by atoms with Crippen molar-refractivity contribution >= 4 is 5.91 Å². The van der Waals surface area contributed by atoms with E-state index < -0.39 is 0 Å².